The number of likely N-dealkylation sites (tertiary alicyclic amines) is 1. The summed E-state index contributed by atoms with van der Waals surface area (Å²) in [5.74, 6) is 0.312. The van der Waals surface area contributed by atoms with E-state index in [4.69, 9.17) is 0 Å². The molecule has 2 aliphatic rings. The molecule has 3 heterocycles. The van der Waals surface area contributed by atoms with Crippen LogP contribution < -0.4 is 0 Å². The third kappa shape index (κ3) is 3.92. The lowest BCUT2D eigenvalue weighted by Gasteiger charge is -2.29. The second kappa shape index (κ2) is 6.60. The Kier molecular flexibility index (Phi) is 4.72. The number of likely N-dealkylation sites (N-methyl/N-ethyl adjacent to an activating group) is 1. The predicted octanol–water partition coefficient (Wildman–Crippen LogP) is -0.00700. The van der Waals surface area contributed by atoms with Crippen LogP contribution in [0.15, 0.2) is 18.5 Å². The molecule has 0 radical (unpaired) electrons. The second-order valence-electron chi connectivity index (χ2n) is 6.56. The van der Waals surface area contributed by atoms with Gasteiger partial charge in [0.25, 0.3) is 0 Å². The van der Waals surface area contributed by atoms with Crippen molar-refractivity contribution in [3.8, 4) is 0 Å². The van der Waals surface area contributed by atoms with Gasteiger partial charge in [-0.3, -0.25) is 14.4 Å². The van der Waals surface area contributed by atoms with Crippen LogP contribution in [0.25, 0.3) is 0 Å². The number of amides is 1. The molecule has 1 amide bonds. The van der Waals surface area contributed by atoms with E-state index in [2.05, 4.69) is 10.00 Å². The Bertz CT molecular complexity index is 644. The molecule has 0 bridgehead atoms. The molecule has 0 unspecified atom stereocenters. The lowest BCUT2D eigenvalue weighted by Crippen LogP contribution is -2.45. The van der Waals surface area contributed by atoms with Gasteiger partial charge in [0.2, 0.25) is 5.91 Å². The van der Waals surface area contributed by atoms with Gasteiger partial charge in [0, 0.05) is 31.5 Å². The number of sulfone groups is 1. The number of hydrogen-bond donors (Lipinski definition) is 0. The summed E-state index contributed by atoms with van der Waals surface area (Å²) in [6, 6.07) is 2.05. The van der Waals surface area contributed by atoms with Gasteiger partial charge < -0.3 is 4.90 Å². The minimum atomic E-state index is -2.97. The lowest BCUT2D eigenvalue weighted by atomic mass is 10.2. The first-order chi connectivity index (χ1) is 10.9. The van der Waals surface area contributed by atoms with Gasteiger partial charge in [-0.05, 0) is 31.9 Å². The van der Waals surface area contributed by atoms with Crippen molar-refractivity contribution in [2.45, 2.75) is 37.9 Å². The molecule has 2 fully saturated rings. The third-order valence-electron chi connectivity index (χ3n) is 4.94. The second-order valence-corrected chi connectivity index (χ2v) is 8.78. The topological polar surface area (TPSA) is 75.5 Å². The van der Waals surface area contributed by atoms with Crippen LogP contribution in [-0.4, -0.2) is 77.6 Å². The molecule has 7 nitrogen and oxygen atoms in total. The third-order valence-corrected chi connectivity index (χ3v) is 6.69. The lowest BCUT2D eigenvalue weighted by molar-refractivity contribution is -0.133. The van der Waals surface area contributed by atoms with Gasteiger partial charge in [-0.25, -0.2) is 8.42 Å². The monoisotopic (exact) mass is 340 g/mol. The van der Waals surface area contributed by atoms with Crippen molar-refractivity contribution in [1.29, 1.82) is 0 Å². The van der Waals surface area contributed by atoms with Crippen LogP contribution in [0.1, 0.15) is 19.3 Å². The number of aromatic nitrogens is 2. The summed E-state index contributed by atoms with van der Waals surface area (Å²) in [7, 11) is -1.24. The molecule has 128 valence electrons. The first kappa shape index (κ1) is 16.4. The van der Waals surface area contributed by atoms with Crippen molar-refractivity contribution in [3.05, 3.63) is 18.5 Å². The largest absolute Gasteiger partial charge is 0.341 e. The number of carbonyl (C=O) groups excluding carboxylic acids is 1. The van der Waals surface area contributed by atoms with Crippen molar-refractivity contribution >= 4 is 15.7 Å². The Morgan fingerprint density at radius 3 is 2.87 bits per heavy atom. The van der Waals surface area contributed by atoms with E-state index >= 15 is 0 Å². The van der Waals surface area contributed by atoms with E-state index in [1.165, 1.54) is 0 Å². The quantitative estimate of drug-likeness (QED) is 0.754. The van der Waals surface area contributed by atoms with Gasteiger partial charge in [-0.15, -0.1) is 0 Å². The van der Waals surface area contributed by atoms with Crippen LogP contribution in [0.2, 0.25) is 0 Å². The van der Waals surface area contributed by atoms with E-state index in [0.29, 0.717) is 19.0 Å². The fourth-order valence-electron chi connectivity index (χ4n) is 3.50. The summed E-state index contributed by atoms with van der Waals surface area (Å²) < 4.78 is 25.1. The molecule has 2 atom stereocenters. The van der Waals surface area contributed by atoms with Crippen LogP contribution in [0.5, 0.6) is 0 Å². The highest BCUT2D eigenvalue weighted by Crippen LogP contribution is 2.20. The van der Waals surface area contributed by atoms with Crippen LogP contribution >= 0.6 is 0 Å². The van der Waals surface area contributed by atoms with Crippen LogP contribution in [-0.2, 0) is 21.2 Å². The molecular formula is C15H24N4O3S. The summed E-state index contributed by atoms with van der Waals surface area (Å²) >= 11 is 0. The summed E-state index contributed by atoms with van der Waals surface area (Å²) in [6.45, 7) is 2.06. The van der Waals surface area contributed by atoms with Gasteiger partial charge in [-0.1, -0.05) is 0 Å². The molecule has 0 aliphatic carbocycles. The first-order valence-electron chi connectivity index (χ1n) is 8.12. The summed E-state index contributed by atoms with van der Waals surface area (Å²) in [6.07, 6.45) is 6.41. The van der Waals surface area contributed by atoms with E-state index in [-0.39, 0.29) is 23.5 Å². The average molecular weight is 340 g/mol. The van der Waals surface area contributed by atoms with E-state index in [1.807, 2.05) is 16.9 Å². The normalized spacial score (nSPS) is 27.3. The summed E-state index contributed by atoms with van der Waals surface area (Å²) in [4.78, 5) is 16.3. The molecule has 0 spiro atoms. The van der Waals surface area contributed by atoms with Crippen LogP contribution in [0.4, 0.5) is 0 Å². The molecule has 2 saturated heterocycles. The molecule has 1 aromatic rings. The van der Waals surface area contributed by atoms with Gasteiger partial charge in [0.15, 0.2) is 9.84 Å². The molecule has 0 N–H and O–H groups in total. The standard InChI is InChI=1S/C15H24N4O3S/c1-17(14-5-9-23(21,22)12-14)15(20)11-18-7-2-4-13(18)10-19-8-3-6-16-19/h3,6,8,13-14H,2,4-5,7,9-12H2,1H3/t13-,14+/m1/s1. The maximum absolute atomic E-state index is 12.5. The smallest absolute Gasteiger partial charge is 0.236 e. The molecular weight excluding hydrogens is 316 g/mol. The predicted molar refractivity (Wildman–Crippen MR) is 86.7 cm³/mol. The number of rotatable bonds is 5. The Morgan fingerprint density at radius 1 is 1.39 bits per heavy atom. The number of carbonyl (C=O) groups is 1. The zero-order valence-electron chi connectivity index (χ0n) is 13.5. The molecule has 3 rings (SSSR count). The Balaban J connectivity index is 1.56. The molecule has 8 heteroatoms. The highest BCUT2D eigenvalue weighted by atomic mass is 32.2. The number of hydrogen-bond acceptors (Lipinski definition) is 5. The SMILES string of the molecule is CN(C(=O)CN1CCC[C@@H]1Cn1cccn1)[C@H]1CCS(=O)(=O)C1. The van der Waals surface area contributed by atoms with Gasteiger partial charge in [-0.2, -0.15) is 5.10 Å². The van der Waals surface area contributed by atoms with E-state index in [0.717, 1.165) is 25.9 Å². The van der Waals surface area contributed by atoms with E-state index in [1.54, 1.807) is 18.1 Å². The molecule has 0 saturated carbocycles. The Labute approximate surface area is 137 Å². The van der Waals surface area contributed by atoms with Crippen LogP contribution in [0, 0.1) is 0 Å². The van der Waals surface area contributed by atoms with Gasteiger partial charge >= 0.3 is 0 Å². The average Bonchev–Trinajstić information content (AvgIpc) is 3.21. The van der Waals surface area contributed by atoms with Crippen molar-refractivity contribution in [3.63, 3.8) is 0 Å². The molecule has 23 heavy (non-hydrogen) atoms. The minimum Gasteiger partial charge on any atom is -0.341 e. The zero-order chi connectivity index (χ0) is 16.4. The van der Waals surface area contributed by atoms with Crippen molar-refractivity contribution in [2.24, 2.45) is 0 Å². The molecule has 1 aromatic heterocycles. The highest BCUT2D eigenvalue weighted by molar-refractivity contribution is 7.91. The maximum Gasteiger partial charge on any atom is 0.236 e. The van der Waals surface area contributed by atoms with Gasteiger partial charge in [0.1, 0.15) is 0 Å². The molecule has 2 aliphatic heterocycles. The first-order valence-corrected chi connectivity index (χ1v) is 9.94. The van der Waals surface area contributed by atoms with E-state index in [9.17, 15) is 13.2 Å². The highest BCUT2D eigenvalue weighted by Gasteiger charge is 2.34. The fourth-order valence-corrected chi connectivity index (χ4v) is 5.28. The summed E-state index contributed by atoms with van der Waals surface area (Å²) in [5.41, 5.74) is 0. The van der Waals surface area contributed by atoms with Crippen LogP contribution in [0.3, 0.4) is 0 Å². The number of nitrogens with zero attached hydrogens (tertiary/aromatic N) is 4. The maximum atomic E-state index is 12.5. The summed E-state index contributed by atoms with van der Waals surface area (Å²) in [5, 5.41) is 4.24. The van der Waals surface area contributed by atoms with Crippen molar-refractivity contribution in [1.82, 2.24) is 19.6 Å². The van der Waals surface area contributed by atoms with Crippen molar-refractivity contribution in [2.75, 3.05) is 31.6 Å². The van der Waals surface area contributed by atoms with Crippen molar-refractivity contribution < 1.29 is 13.2 Å². The zero-order valence-corrected chi connectivity index (χ0v) is 14.3. The minimum absolute atomic E-state index is 0.0134. The fraction of sp³-hybridized carbons (Fsp3) is 0.733. The van der Waals surface area contributed by atoms with Gasteiger partial charge in [0.05, 0.1) is 24.6 Å². The van der Waals surface area contributed by atoms with E-state index < -0.39 is 9.84 Å². The molecule has 0 aromatic carbocycles. The Hall–Kier alpha value is -1.41. The Morgan fingerprint density at radius 2 is 2.22 bits per heavy atom.